The summed E-state index contributed by atoms with van der Waals surface area (Å²) in [6, 6.07) is 0.729. The lowest BCUT2D eigenvalue weighted by molar-refractivity contribution is 0.0236. The topological polar surface area (TPSA) is 29.3 Å². The summed E-state index contributed by atoms with van der Waals surface area (Å²) in [6.07, 6.45) is 3.87. The molecular weight excluding hydrogens is 196 g/mol. The van der Waals surface area contributed by atoms with E-state index in [0.29, 0.717) is 10.8 Å². The molecule has 0 amide bonds. The number of rotatable bonds is 4. The third kappa shape index (κ3) is 3.21. The molecule has 0 saturated heterocycles. The van der Waals surface area contributed by atoms with Crippen molar-refractivity contribution in [2.45, 2.75) is 59.9 Å². The van der Waals surface area contributed by atoms with E-state index >= 15 is 0 Å². The molecule has 96 valence electrons. The fourth-order valence-electron chi connectivity index (χ4n) is 3.73. The second-order valence-electron chi connectivity index (χ2n) is 6.64. The van der Waals surface area contributed by atoms with Crippen LogP contribution >= 0.6 is 0 Å². The molecule has 1 aliphatic carbocycles. The van der Waals surface area contributed by atoms with Crippen molar-refractivity contribution < 1.29 is 0 Å². The second-order valence-corrected chi connectivity index (χ2v) is 6.64. The number of nitrogens with zero attached hydrogens (tertiary/aromatic N) is 1. The van der Waals surface area contributed by atoms with Crippen molar-refractivity contribution in [3.05, 3.63) is 0 Å². The Bertz CT molecular complexity index is 221. The number of nitrogens with two attached hydrogens (primary N) is 1. The smallest absolute Gasteiger partial charge is 0.0106 e. The van der Waals surface area contributed by atoms with E-state index in [-0.39, 0.29) is 0 Å². The Balaban J connectivity index is 2.80. The average Bonchev–Trinajstić information content (AvgIpc) is 2.17. The molecule has 16 heavy (non-hydrogen) atoms. The van der Waals surface area contributed by atoms with Crippen molar-refractivity contribution in [3.63, 3.8) is 0 Å². The summed E-state index contributed by atoms with van der Waals surface area (Å²) in [6.45, 7) is 14.9. The molecule has 0 heterocycles. The van der Waals surface area contributed by atoms with Gasteiger partial charge in [-0.2, -0.15) is 0 Å². The first kappa shape index (κ1) is 14.0. The SMILES string of the molecule is CCN(CC)C1CC(C)(C)CC(C)(CN)C1. The molecular formula is C14H30N2. The molecule has 1 fully saturated rings. The summed E-state index contributed by atoms with van der Waals surface area (Å²) < 4.78 is 0. The van der Waals surface area contributed by atoms with Crippen LogP contribution in [0.1, 0.15) is 53.9 Å². The Morgan fingerprint density at radius 2 is 1.69 bits per heavy atom. The maximum absolute atomic E-state index is 5.99. The highest BCUT2D eigenvalue weighted by Gasteiger charge is 2.41. The van der Waals surface area contributed by atoms with Crippen molar-refractivity contribution in [3.8, 4) is 0 Å². The van der Waals surface area contributed by atoms with Gasteiger partial charge in [0.25, 0.3) is 0 Å². The molecule has 0 bridgehead atoms. The lowest BCUT2D eigenvalue weighted by Crippen LogP contribution is -2.49. The van der Waals surface area contributed by atoms with Crippen LogP contribution < -0.4 is 5.73 Å². The quantitative estimate of drug-likeness (QED) is 0.798. The molecule has 0 aromatic heterocycles. The van der Waals surface area contributed by atoms with Gasteiger partial charge in [-0.1, -0.05) is 34.6 Å². The van der Waals surface area contributed by atoms with E-state index in [1.54, 1.807) is 0 Å². The highest BCUT2D eigenvalue weighted by molar-refractivity contribution is 4.95. The van der Waals surface area contributed by atoms with Crippen molar-refractivity contribution in [2.24, 2.45) is 16.6 Å². The molecule has 0 aromatic rings. The summed E-state index contributed by atoms with van der Waals surface area (Å²) in [5, 5.41) is 0. The molecule has 0 aliphatic heterocycles. The Labute approximate surface area is 102 Å². The molecule has 0 spiro atoms. The normalized spacial score (nSPS) is 34.3. The van der Waals surface area contributed by atoms with E-state index in [0.717, 1.165) is 25.7 Å². The van der Waals surface area contributed by atoms with Gasteiger partial charge in [-0.3, -0.25) is 0 Å². The zero-order chi connectivity index (χ0) is 12.4. The molecule has 2 atom stereocenters. The third-order valence-electron chi connectivity index (χ3n) is 4.24. The van der Waals surface area contributed by atoms with Gasteiger partial charge >= 0.3 is 0 Å². The summed E-state index contributed by atoms with van der Waals surface area (Å²) in [5.74, 6) is 0. The van der Waals surface area contributed by atoms with Gasteiger partial charge < -0.3 is 10.6 Å². The highest BCUT2D eigenvalue weighted by atomic mass is 15.1. The summed E-state index contributed by atoms with van der Waals surface area (Å²) in [7, 11) is 0. The van der Waals surface area contributed by atoms with Gasteiger partial charge in [0, 0.05) is 6.04 Å². The molecule has 1 saturated carbocycles. The zero-order valence-corrected chi connectivity index (χ0v) is 11.8. The minimum atomic E-state index is 0.342. The Morgan fingerprint density at radius 3 is 2.12 bits per heavy atom. The van der Waals surface area contributed by atoms with Crippen LogP contribution in [0.4, 0.5) is 0 Å². The van der Waals surface area contributed by atoms with E-state index in [2.05, 4.69) is 39.5 Å². The molecule has 0 radical (unpaired) electrons. The van der Waals surface area contributed by atoms with Gasteiger partial charge in [0.05, 0.1) is 0 Å². The number of hydrogen-bond acceptors (Lipinski definition) is 2. The van der Waals surface area contributed by atoms with Crippen molar-refractivity contribution in [1.82, 2.24) is 4.90 Å². The molecule has 2 N–H and O–H groups in total. The first-order valence-electron chi connectivity index (χ1n) is 6.80. The van der Waals surface area contributed by atoms with Crippen LogP contribution in [0, 0.1) is 10.8 Å². The summed E-state index contributed by atoms with van der Waals surface area (Å²) in [5.41, 5.74) is 6.77. The second kappa shape index (κ2) is 5.05. The monoisotopic (exact) mass is 226 g/mol. The number of hydrogen-bond donors (Lipinski definition) is 1. The summed E-state index contributed by atoms with van der Waals surface area (Å²) >= 11 is 0. The average molecular weight is 226 g/mol. The van der Waals surface area contributed by atoms with Gasteiger partial charge in [0.1, 0.15) is 0 Å². The first-order valence-corrected chi connectivity index (χ1v) is 6.80. The largest absolute Gasteiger partial charge is 0.330 e. The molecule has 1 rings (SSSR count). The predicted molar refractivity (Wildman–Crippen MR) is 71.5 cm³/mol. The van der Waals surface area contributed by atoms with Gasteiger partial charge in [0.2, 0.25) is 0 Å². The Morgan fingerprint density at radius 1 is 1.12 bits per heavy atom. The van der Waals surface area contributed by atoms with E-state index < -0.39 is 0 Å². The lowest BCUT2D eigenvalue weighted by atomic mass is 9.62. The first-order chi connectivity index (χ1) is 7.36. The van der Waals surface area contributed by atoms with Crippen LogP contribution in [0.25, 0.3) is 0 Å². The molecule has 2 nitrogen and oxygen atoms in total. The fraction of sp³-hybridized carbons (Fsp3) is 1.00. The molecule has 2 heteroatoms. The van der Waals surface area contributed by atoms with Gasteiger partial charge in [-0.25, -0.2) is 0 Å². The van der Waals surface area contributed by atoms with E-state index in [1.165, 1.54) is 19.3 Å². The fourth-order valence-corrected chi connectivity index (χ4v) is 3.73. The van der Waals surface area contributed by atoms with E-state index in [4.69, 9.17) is 5.73 Å². The van der Waals surface area contributed by atoms with Gasteiger partial charge in [0.15, 0.2) is 0 Å². The van der Waals surface area contributed by atoms with Crippen molar-refractivity contribution in [1.29, 1.82) is 0 Å². The van der Waals surface area contributed by atoms with Crippen LogP contribution in [-0.2, 0) is 0 Å². The van der Waals surface area contributed by atoms with Gasteiger partial charge in [-0.15, -0.1) is 0 Å². The van der Waals surface area contributed by atoms with Crippen LogP contribution in [0.3, 0.4) is 0 Å². The van der Waals surface area contributed by atoms with Crippen LogP contribution in [0.2, 0.25) is 0 Å². The summed E-state index contributed by atoms with van der Waals surface area (Å²) in [4.78, 5) is 2.61. The maximum Gasteiger partial charge on any atom is 0.0106 e. The minimum absolute atomic E-state index is 0.342. The molecule has 2 unspecified atom stereocenters. The molecule has 0 aromatic carbocycles. The van der Waals surface area contributed by atoms with E-state index in [1.807, 2.05) is 0 Å². The zero-order valence-electron chi connectivity index (χ0n) is 11.8. The third-order valence-corrected chi connectivity index (χ3v) is 4.24. The van der Waals surface area contributed by atoms with E-state index in [9.17, 15) is 0 Å². The standard InChI is InChI=1S/C14H30N2/c1-6-16(7-2)12-8-13(3,4)10-14(5,9-12)11-15/h12H,6-11,15H2,1-5H3. The van der Waals surface area contributed by atoms with Crippen molar-refractivity contribution >= 4 is 0 Å². The van der Waals surface area contributed by atoms with Gasteiger partial charge in [-0.05, 0) is 49.7 Å². The molecule has 1 aliphatic rings. The Kier molecular flexibility index (Phi) is 4.42. The Hall–Kier alpha value is -0.0800. The van der Waals surface area contributed by atoms with Crippen LogP contribution in [-0.4, -0.2) is 30.6 Å². The highest BCUT2D eigenvalue weighted by Crippen LogP contribution is 2.46. The van der Waals surface area contributed by atoms with Crippen LogP contribution in [0.15, 0.2) is 0 Å². The minimum Gasteiger partial charge on any atom is -0.330 e. The predicted octanol–water partition coefficient (Wildman–Crippen LogP) is 2.87. The maximum atomic E-state index is 5.99. The lowest BCUT2D eigenvalue weighted by Gasteiger charge is -2.49. The van der Waals surface area contributed by atoms with Crippen LogP contribution in [0.5, 0.6) is 0 Å². The van der Waals surface area contributed by atoms with Crippen molar-refractivity contribution in [2.75, 3.05) is 19.6 Å².